The number of fused-ring (bicyclic) bond motifs is 2. The summed E-state index contributed by atoms with van der Waals surface area (Å²) in [6, 6.07) is 17.4. The average Bonchev–Trinajstić information content (AvgIpc) is 3.42. The SMILES string of the molecule is COc1cc(OC)c2c(=O)[nH]c(-c3ccc(N4CCC(N5CCN(Cc6ccc7c(c6)C(=O)N(C6CCC(=O)NC6=O)C7S)CC5)CC4)cc3)nc2c1. The molecule has 1 aromatic heterocycles. The number of aromatic nitrogens is 2. The maximum absolute atomic E-state index is 13.4. The molecule has 4 aliphatic heterocycles. The number of amides is 3. The van der Waals surface area contributed by atoms with Gasteiger partial charge in [0, 0.05) is 87.2 Å². The summed E-state index contributed by atoms with van der Waals surface area (Å²) in [6.45, 7) is 6.60. The minimum atomic E-state index is -0.692. The lowest BCUT2D eigenvalue weighted by molar-refractivity contribution is -0.137. The second kappa shape index (κ2) is 14.5. The molecule has 5 heterocycles. The predicted molar refractivity (Wildman–Crippen MR) is 203 cm³/mol. The van der Waals surface area contributed by atoms with Gasteiger partial charge in [-0.3, -0.25) is 34.3 Å². The molecule has 3 amide bonds. The first kappa shape index (κ1) is 35.1. The number of carbonyl (C=O) groups excluding carboxylic acids is 3. The topological polar surface area (TPSA) is 140 Å². The van der Waals surface area contributed by atoms with E-state index in [0.29, 0.717) is 46.3 Å². The number of imide groups is 1. The number of thiol groups is 1. The molecule has 4 aliphatic rings. The van der Waals surface area contributed by atoms with Gasteiger partial charge in [-0.15, -0.1) is 12.6 Å². The third-order valence-electron chi connectivity index (χ3n) is 11.2. The van der Waals surface area contributed by atoms with Gasteiger partial charge >= 0.3 is 0 Å². The van der Waals surface area contributed by atoms with E-state index in [-0.39, 0.29) is 23.8 Å². The van der Waals surface area contributed by atoms with Gasteiger partial charge in [-0.05, 0) is 60.7 Å². The molecule has 2 N–H and O–H groups in total. The standard InChI is InChI=1S/C39H43N7O6S/c1-51-27-20-30-34(32(21-27)52-2)37(49)42-35(40-30)24-4-6-25(7-5-24)44-13-11-26(12-14-44)45-17-15-43(16-18-45)22-23-3-8-28-29(19-23)38(50)46(39(28)53)31-9-10-33(47)41-36(31)48/h3-8,19-21,26,31,39,53H,9-18,22H2,1-2H3,(H,40,42,49)(H,41,47,48). The molecule has 14 heteroatoms. The van der Waals surface area contributed by atoms with Crippen molar-refractivity contribution in [3.8, 4) is 22.9 Å². The van der Waals surface area contributed by atoms with Crippen LogP contribution in [0.2, 0.25) is 0 Å². The Morgan fingerprint density at radius 1 is 0.868 bits per heavy atom. The van der Waals surface area contributed by atoms with Crippen LogP contribution in [0.3, 0.4) is 0 Å². The molecule has 13 nitrogen and oxygen atoms in total. The maximum atomic E-state index is 13.4. The summed E-state index contributed by atoms with van der Waals surface area (Å²) in [5.41, 5.74) is 4.70. The summed E-state index contributed by atoms with van der Waals surface area (Å²) < 4.78 is 10.8. The Morgan fingerprint density at radius 2 is 1.62 bits per heavy atom. The molecule has 2 atom stereocenters. The van der Waals surface area contributed by atoms with E-state index in [9.17, 15) is 19.2 Å². The molecule has 53 heavy (non-hydrogen) atoms. The fourth-order valence-corrected chi connectivity index (χ4v) is 8.75. The third kappa shape index (κ3) is 6.75. The van der Waals surface area contributed by atoms with E-state index in [4.69, 9.17) is 27.1 Å². The first-order valence-electron chi connectivity index (χ1n) is 18.2. The normalized spacial score (nSPS) is 21.6. The first-order valence-corrected chi connectivity index (χ1v) is 18.7. The Bertz CT molecular complexity index is 2130. The van der Waals surface area contributed by atoms with Crippen molar-refractivity contribution in [1.29, 1.82) is 0 Å². The van der Waals surface area contributed by atoms with E-state index in [1.807, 2.05) is 24.3 Å². The van der Waals surface area contributed by atoms with Crippen molar-refractivity contribution in [2.24, 2.45) is 0 Å². The van der Waals surface area contributed by atoms with Gasteiger partial charge in [-0.1, -0.05) is 12.1 Å². The number of piperidine rings is 2. The fraction of sp³-hybridized carbons (Fsp3) is 0.410. The van der Waals surface area contributed by atoms with E-state index in [2.05, 4.69) is 43.2 Å². The highest BCUT2D eigenvalue weighted by molar-refractivity contribution is 7.80. The lowest BCUT2D eigenvalue weighted by Crippen LogP contribution is -2.53. The van der Waals surface area contributed by atoms with Gasteiger partial charge < -0.3 is 24.3 Å². The van der Waals surface area contributed by atoms with Gasteiger partial charge in [-0.2, -0.15) is 0 Å². The molecule has 0 aliphatic carbocycles. The number of H-pyrrole nitrogens is 1. The molecule has 4 aromatic rings. The molecule has 0 bridgehead atoms. The van der Waals surface area contributed by atoms with Crippen molar-refractivity contribution in [3.05, 3.63) is 81.6 Å². The number of nitrogens with one attached hydrogen (secondary N) is 2. The van der Waals surface area contributed by atoms with Gasteiger partial charge in [0.15, 0.2) is 0 Å². The summed E-state index contributed by atoms with van der Waals surface area (Å²) in [5.74, 6) is 0.548. The Labute approximate surface area is 312 Å². The summed E-state index contributed by atoms with van der Waals surface area (Å²) in [7, 11) is 3.09. The van der Waals surface area contributed by atoms with Crippen LogP contribution in [0.25, 0.3) is 22.3 Å². The van der Waals surface area contributed by atoms with Gasteiger partial charge in [-0.25, -0.2) is 4.98 Å². The molecular weight excluding hydrogens is 695 g/mol. The number of aromatic amines is 1. The Balaban J connectivity index is 0.839. The van der Waals surface area contributed by atoms with Gasteiger partial charge in [0.05, 0.1) is 19.7 Å². The highest BCUT2D eigenvalue weighted by Gasteiger charge is 2.43. The number of carbonyl (C=O) groups is 3. The quantitative estimate of drug-likeness (QED) is 0.182. The van der Waals surface area contributed by atoms with Crippen molar-refractivity contribution in [2.75, 3.05) is 58.4 Å². The van der Waals surface area contributed by atoms with Crippen LogP contribution in [0, 0.1) is 0 Å². The van der Waals surface area contributed by atoms with Gasteiger partial charge in [0.1, 0.15) is 34.1 Å². The summed E-state index contributed by atoms with van der Waals surface area (Å²) in [5, 5.41) is 2.24. The number of benzene rings is 3. The second-order valence-electron chi connectivity index (χ2n) is 14.2. The lowest BCUT2D eigenvalue weighted by Gasteiger charge is -2.43. The number of nitrogens with zero attached hydrogens (tertiary/aromatic N) is 5. The number of piperazine rings is 1. The monoisotopic (exact) mass is 737 g/mol. The molecule has 3 aromatic carbocycles. The Hall–Kier alpha value is -4.92. The van der Waals surface area contributed by atoms with Gasteiger partial charge in [0.25, 0.3) is 11.5 Å². The second-order valence-corrected chi connectivity index (χ2v) is 14.7. The highest BCUT2D eigenvalue weighted by Crippen LogP contribution is 2.40. The number of rotatable bonds is 8. The van der Waals surface area contributed by atoms with E-state index >= 15 is 0 Å². The zero-order chi connectivity index (χ0) is 36.8. The van der Waals surface area contributed by atoms with Crippen molar-refractivity contribution in [3.63, 3.8) is 0 Å². The maximum Gasteiger partial charge on any atom is 0.262 e. The van der Waals surface area contributed by atoms with Crippen LogP contribution < -0.4 is 25.2 Å². The Kier molecular flexibility index (Phi) is 9.60. The fourth-order valence-electron chi connectivity index (χ4n) is 8.26. The van der Waals surface area contributed by atoms with Crippen LogP contribution in [0.4, 0.5) is 5.69 Å². The summed E-state index contributed by atoms with van der Waals surface area (Å²) >= 11 is 4.69. The van der Waals surface area contributed by atoms with E-state index in [1.165, 1.54) is 12.0 Å². The molecule has 3 fully saturated rings. The first-order chi connectivity index (χ1) is 25.7. The number of anilines is 1. The molecule has 276 valence electrons. The van der Waals surface area contributed by atoms with Crippen LogP contribution in [-0.2, 0) is 16.1 Å². The number of hydrogen-bond acceptors (Lipinski definition) is 11. The van der Waals surface area contributed by atoms with E-state index in [0.717, 1.165) is 81.0 Å². The minimum Gasteiger partial charge on any atom is -0.497 e. The molecule has 0 spiro atoms. The third-order valence-corrected chi connectivity index (χ3v) is 11.7. The van der Waals surface area contributed by atoms with E-state index < -0.39 is 17.3 Å². The van der Waals surface area contributed by atoms with Crippen molar-refractivity contribution in [1.82, 2.24) is 30.0 Å². The summed E-state index contributed by atoms with van der Waals surface area (Å²) in [6.07, 6.45) is 2.71. The van der Waals surface area contributed by atoms with Gasteiger partial charge in [0.2, 0.25) is 11.8 Å². The van der Waals surface area contributed by atoms with Crippen LogP contribution in [0.15, 0.2) is 59.4 Å². The van der Waals surface area contributed by atoms with E-state index in [1.54, 1.807) is 19.2 Å². The number of ether oxygens (including phenoxy) is 2. The average molecular weight is 738 g/mol. The van der Waals surface area contributed by atoms with Crippen LogP contribution in [0.1, 0.15) is 52.5 Å². The largest absolute Gasteiger partial charge is 0.497 e. The smallest absolute Gasteiger partial charge is 0.262 e. The van der Waals surface area contributed by atoms with Crippen molar-refractivity contribution < 1.29 is 23.9 Å². The molecule has 0 radical (unpaired) electrons. The lowest BCUT2D eigenvalue weighted by atomic mass is 10.0. The van der Waals surface area contributed by atoms with Crippen molar-refractivity contribution in [2.45, 2.75) is 49.7 Å². The minimum absolute atomic E-state index is 0.204. The summed E-state index contributed by atoms with van der Waals surface area (Å²) in [4.78, 5) is 67.2. The number of hydrogen-bond donors (Lipinski definition) is 3. The van der Waals surface area contributed by atoms with Crippen LogP contribution in [0.5, 0.6) is 11.5 Å². The number of methoxy groups -OCH3 is 2. The zero-order valence-electron chi connectivity index (χ0n) is 29.8. The van der Waals surface area contributed by atoms with Crippen LogP contribution in [-0.4, -0.2) is 108 Å². The van der Waals surface area contributed by atoms with Crippen LogP contribution >= 0.6 is 12.6 Å². The molecule has 8 rings (SSSR count). The zero-order valence-corrected chi connectivity index (χ0v) is 30.7. The molecular formula is C39H43N7O6S. The molecule has 2 unspecified atom stereocenters. The Morgan fingerprint density at radius 3 is 2.32 bits per heavy atom. The molecule has 3 saturated heterocycles. The van der Waals surface area contributed by atoms with Crippen molar-refractivity contribution >= 4 is 46.9 Å². The predicted octanol–water partition coefficient (Wildman–Crippen LogP) is 3.58. The highest BCUT2D eigenvalue weighted by atomic mass is 32.1. The molecule has 0 saturated carbocycles.